The fourth-order valence-electron chi connectivity index (χ4n) is 2.46. The summed E-state index contributed by atoms with van der Waals surface area (Å²) in [4.78, 5) is 11.1. The van der Waals surface area contributed by atoms with E-state index >= 15 is 0 Å². The minimum absolute atomic E-state index is 0.126. The van der Waals surface area contributed by atoms with Crippen LogP contribution < -0.4 is 15.4 Å². The van der Waals surface area contributed by atoms with Gasteiger partial charge in [0, 0.05) is 31.4 Å². The molecule has 0 aromatic carbocycles. The van der Waals surface area contributed by atoms with Crippen LogP contribution in [0.3, 0.4) is 0 Å². The Bertz CT molecular complexity index is 410. The Kier molecular flexibility index (Phi) is 4.58. The number of hydrogen-bond acceptors (Lipinski definition) is 5. The molecular weight excluding hydrogens is 240 g/mol. The Morgan fingerprint density at radius 3 is 3.00 bits per heavy atom. The van der Waals surface area contributed by atoms with Gasteiger partial charge >= 0.3 is 0 Å². The maximum atomic E-state index is 6.13. The van der Waals surface area contributed by atoms with Crippen LogP contribution in [0.25, 0.3) is 0 Å². The summed E-state index contributed by atoms with van der Waals surface area (Å²) in [5.74, 6) is 1.92. The molecule has 0 saturated carbocycles. The lowest BCUT2D eigenvalue weighted by Gasteiger charge is -2.36. The fraction of sp³-hybridized carbons (Fsp3) is 0.714. The molecular formula is C14H24N4O. The maximum Gasteiger partial charge on any atom is 0.228 e. The number of rotatable bonds is 4. The SMILES string of the molecule is CCC1CN(c2nccc(OC(C)C)n2)CCC1N. The van der Waals surface area contributed by atoms with Crippen LogP contribution in [-0.2, 0) is 0 Å². The monoisotopic (exact) mass is 264 g/mol. The van der Waals surface area contributed by atoms with Crippen LogP contribution in [-0.4, -0.2) is 35.2 Å². The van der Waals surface area contributed by atoms with Crippen molar-refractivity contribution in [2.75, 3.05) is 18.0 Å². The summed E-state index contributed by atoms with van der Waals surface area (Å²) >= 11 is 0. The second-order valence-corrected chi connectivity index (χ2v) is 5.43. The molecule has 0 amide bonds. The van der Waals surface area contributed by atoms with E-state index in [4.69, 9.17) is 10.5 Å². The average molecular weight is 264 g/mol. The first-order chi connectivity index (χ1) is 9.10. The van der Waals surface area contributed by atoms with Crippen molar-refractivity contribution >= 4 is 5.95 Å². The van der Waals surface area contributed by atoms with Gasteiger partial charge in [-0.05, 0) is 26.2 Å². The van der Waals surface area contributed by atoms with E-state index in [9.17, 15) is 0 Å². The zero-order valence-corrected chi connectivity index (χ0v) is 12.0. The molecule has 5 heteroatoms. The second-order valence-electron chi connectivity index (χ2n) is 5.43. The Morgan fingerprint density at radius 1 is 1.53 bits per heavy atom. The van der Waals surface area contributed by atoms with Gasteiger partial charge in [0.2, 0.25) is 11.8 Å². The van der Waals surface area contributed by atoms with Crippen molar-refractivity contribution in [2.45, 2.75) is 45.8 Å². The molecule has 0 aliphatic carbocycles. The highest BCUT2D eigenvalue weighted by atomic mass is 16.5. The van der Waals surface area contributed by atoms with Crippen molar-refractivity contribution in [3.8, 4) is 5.88 Å². The Morgan fingerprint density at radius 2 is 2.32 bits per heavy atom. The minimum Gasteiger partial charge on any atom is -0.475 e. The highest BCUT2D eigenvalue weighted by Crippen LogP contribution is 2.23. The van der Waals surface area contributed by atoms with E-state index in [-0.39, 0.29) is 6.10 Å². The molecule has 106 valence electrons. The Hall–Kier alpha value is -1.36. The topological polar surface area (TPSA) is 64.3 Å². The van der Waals surface area contributed by atoms with Gasteiger partial charge in [-0.3, -0.25) is 0 Å². The Labute approximate surface area is 115 Å². The number of piperidine rings is 1. The van der Waals surface area contributed by atoms with Crippen LogP contribution in [0.15, 0.2) is 12.3 Å². The van der Waals surface area contributed by atoms with E-state index < -0.39 is 0 Å². The fourth-order valence-corrected chi connectivity index (χ4v) is 2.46. The molecule has 0 bridgehead atoms. The first-order valence-corrected chi connectivity index (χ1v) is 7.10. The molecule has 2 rings (SSSR count). The molecule has 1 aliphatic heterocycles. The van der Waals surface area contributed by atoms with Crippen molar-refractivity contribution in [3.05, 3.63) is 12.3 Å². The minimum atomic E-state index is 0.126. The van der Waals surface area contributed by atoms with Crippen molar-refractivity contribution in [1.29, 1.82) is 0 Å². The molecule has 2 heterocycles. The standard InChI is InChI=1S/C14H24N4O/c1-4-11-9-18(8-6-12(11)15)14-16-7-5-13(17-14)19-10(2)3/h5,7,10-12H,4,6,8-9,15H2,1-3H3. The van der Waals surface area contributed by atoms with Crippen molar-refractivity contribution < 1.29 is 4.74 Å². The molecule has 2 unspecified atom stereocenters. The van der Waals surface area contributed by atoms with Crippen LogP contribution in [0, 0.1) is 5.92 Å². The van der Waals surface area contributed by atoms with Gasteiger partial charge in [0.05, 0.1) is 6.10 Å². The molecule has 5 nitrogen and oxygen atoms in total. The quantitative estimate of drug-likeness (QED) is 0.898. The van der Waals surface area contributed by atoms with Crippen molar-refractivity contribution in [2.24, 2.45) is 11.7 Å². The number of aromatic nitrogens is 2. The van der Waals surface area contributed by atoms with E-state index in [1.165, 1.54) is 0 Å². The van der Waals surface area contributed by atoms with Gasteiger partial charge in [-0.2, -0.15) is 4.98 Å². The highest BCUT2D eigenvalue weighted by Gasteiger charge is 2.26. The van der Waals surface area contributed by atoms with Gasteiger partial charge in [0.25, 0.3) is 0 Å². The first kappa shape index (κ1) is 14.1. The molecule has 2 N–H and O–H groups in total. The zero-order chi connectivity index (χ0) is 13.8. The number of hydrogen-bond donors (Lipinski definition) is 1. The maximum absolute atomic E-state index is 6.13. The Balaban J connectivity index is 2.09. The number of nitrogens with zero attached hydrogens (tertiary/aromatic N) is 3. The second kappa shape index (κ2) is 6.19. The smallest absolute Gasteiger partial charge is 0.228 e. The van der Waals surface area contributed by atoms with E-state index in [0.717, 1.165) is 31.9 Å². The first-order valence-electron chi connectivity index (χ1n) is 7.10. The normalized spacial score (nSPS) is 23.7. The van der Waals surface area contributed by atoms with Gasteiger partial charge in [0.1, 0.15) is 0 Å². The lowest BCUT2D eigenvalue weighted by atomic mass is 9.91. The predicted molar refractivity (Wildman–Crippen MR) is 76.4 cm³/mol. The third kappa shape index (κ3) is 3.56. The van der Waals surface area contributed by atoms with Crippen LogP contribution in [0.4, 0.5) is 5.95 Å². The number of ether oxygens (including phenoxy) is 1. The van der Waals surface area contributed by atoms with Gasteiger partial charge in [0.15, 0.2) is 0 Å². The summed E-state index contributed by atoms with van der Waals surface area (Å²) in [5, 5.41) is 0. The third-order valence-electron chi connectivity index (χ3n) is 3.57. The van der Waals surface area contributed by atoms with E-state index in [0.29, 0.717) is 17.8 Å². The third-order valence-corrected chi connectivity index (χ3v) is 3.57. The molecule has 19 heavy (non-hydrogen) atoms. The molecule has 1 aromatic heterocycles. The van der Waals surface area contributed by atoms with E-state index in [1.54, 1.807) is 12.3 Å². The highest BCUT2D eigenvalue weighted by molar-refractivity contribution is 5.33. The molecule has 1 saturated heterocycles. The van der Waals surface area contributed by atoms with Gasteiger partial charge in [-0.25, -0.2) is 4.98 Å². The molecule has 0 spiro atoms. The van der Waals surface area contributed by atoms with Crippen LogP contribution >= 0.6 is 0 Å². The van der Waals surface area contributed by atoms with Gasteiger partial charge < -0.3 is 15.4 Å². The summed E-state index contributed by atoms with van der Waals surface area (Å²) in [6, 6.07) is 2.10. The summed E-state index contributed by atoms with van der Waals surface area (Å²) in [6.45, 7) is 8.03. The summed E-state index contributed by atoms with van der Waals surface area (Å²) in [7, 11) is 0. The van der Waals surface area contributed by atoms with Crippen LogP contribution in [0.2, 0.25) is 0 Å². The molecule has 1 fully saturated rings. The van der Waals surface area contributed by atoms with Crippen LogP contribution in [0.5, 0.6) is 5.88 Å². The summed E-state index contributed by atoms with van der Waals surface area (Å²) in [5.41, 5.74) is 6.13. The van der Waals surface area contributed by atoms with E-state index in [2.05, 4.69) is 21.8 Å². The number of nitrogens with two attached hydrogens (primary N) is 1. The van der Waals surface area contributed by atoms with Crippen LogP contribution in [0.1, 0.15) is 33.6 Å². The van der Waals surface area contributed by atoms with Gasteiger partial charge in [-0.15, -0.1) is 0 Å². The summed E-state index contributed by atoms with van der Waals surface area (Å²) in [6.07, 6.45) is 3.98. The van der Waals surface area contributed by atoms with Crippen molar-refractivity contribution in [1.82, 2.24) is 9.97 Å². The lowest BCUT2D eigenvalue weighted by Crippen LogP contribution is -2.47. The van der Waals surface area contributed by atoms with Crippen molar-refractivity contribution in [3.63, 3.8) is 0 Å². The molecule has 2 atom stereocenters. The largest absolute Gasteiger partial charge is 0.475 e. The zero-order valence-electron chi connectivity index (χ0n) is 12.0. The average Bonchev–Trinajstić information content (AvgIpc) is 2.39. The lowest BCUT2D eigenvalue weighted by molar-refractivity contribution is 0.232. The summed E-state index contributed by atoms with van der Waals surface area (Å²) < 4.78 is 5.62. The molecule has 1 aromatic rings. The van der Waals surface area contributed by atoms with E-state index in [1.807, 2.05) is 13.8 Å². The van der Waals surface area contributed by atoms with Gasteiger partial charge in [-0.1, -0.05) is 13.3 Å². The predicted octanol–water partition coefficient (Wildman–Crippen LogP) is 1.83. The number of anilines is 1. The molecule has 1 aliphatic rings. The molecule has 0 radical (unpaired) electrons.